The molecule has 0 fully saturated rings. The first kappa shape index (κ1) is 32.4. The molecule has 13 heteroatoms. The molecule has 1 atom stereocenters. The maximum atomic E-state index is 14.0. The van der Waals surface area contributed by atoms with E-state index < -0.39 is 17.9 Å². The molecule has 0 unspecified atom stereocenters. The maximum absolute atomic E-state index is 14.0. The summed E-state index contributed by atoms with van der Waals surface area (Å²) in [5.74, 6) is -0.201. The number of hydrazone groups is 1. The number of halogens is 2. The average molecular weight is 686 g/mol. The quantitative estimate of drug-likeness (QED) is 0.104. The molecule has 0 spiro atoms. The minimum atomic E-state index is -0.647. The second-order valence-electron chi connectivity index (χ2n) is 9.31. The zero-order valence-corrected chi connectivity index (χ0v) is 26.5. The van der Waals surface area contributed by atoms with Gasteiger partial charge in [-0.15, -0.1) is 0 Å². The third kappa shape index (κ3) is 8.11. The minimum absolute atomic E-state index is 0.0164. The SMILES string of the molecule is CCOC(=O)C1=C(C)NC(=S)N[C@@H]1c1ccccc1OCC(=O)NN=Cc1cc(OC)c(OCc2ccccc2F)cc1Br. The lowest BCUT2D eigenvalue weighted by Crippen LogP contribution is -2.45. The van der Waals surface area contributed by atoms with E-state index in [9.17, 15) is 14.0 Å². The molecule has 0 bridgehead atoms. The van der Waals surface area contributed by atoms with Gasteiger partial charge >= 0.3 is 5.97 Å². The van der Waals surface area contributed by atoms with E-state index in [-0.39, 0.29) is 25.6 Å². The van der Waals surface area contributed by atoms with Crippen molar-refractivity contribution in [3.63, 3.8) is 0 Å². The molecule has 1 heterocycles. The summed E-state index contributed by atoms with van der Waals surface area (Å²) in [4.78, 5) is 25.3. The fourth-order valence-electron chi connectivity index (χ4n) is 4.30. The lowest BCUT2D eigenvalue weighted by atomic mass is 9.95. The van der Waals surface area contributed by atoms with Crippen molar-refractivity contribution in [1.29, 1.82) is 0 Å². The van der Waals surface area contributed by atoms with Gasteiger partial charge in [0, 0.05) is 26.9 Å². The van der Waals surface area contributed by atoms with Crippen molar-refractivity contribution in [3.05, 3.63) is 98.9 Å². The zero-order valence-electron chi connectivity index (χ0n) is 24.1. The molecule has 3 N–H and O–H groups in total. The summed E-state index contributed by atoms with van der Waals surface area (Å²) in [6.45, 7) is 3.34. The average Bonchev–Trinajstić information content (AvgIpc) is 3.00. The predicted molar refractivity (Wildman–Crippen MR) is 170 cm³/mol. The summed E-state index contributed by atoms with van der Waals surface area (Å²) in [6.07, 6.45) is 1.43. The van der Waals surface area contributed by atoms with Crippen LogP contribution >= 0.6 is 28.1 Å². The molecule has 4 rings (SSSR count). The number of carbonyl (C=O) groups is 2. The summed E-state index contributed by atoms with van der Waals surface area (Å²) in [7, 11) is 1.48. The Bertz CT molecular complexity index is 1620. The first-order valence-corrected chi connectivity index (χ1v) is 14.6. The standard InChI is InChI=1S/C31H30BrFN4O6S/c1-4-41-30(39)28-18(2)35-31(44)36-29(28)21-10-6-8-12-24(21)43-17-27(38)37-34-15-20-13-25(40-3)26(14-22(20)32)42-16-19-9-5-7-11-23(19)33/h5-15,29H,4,16-17H2,1-3H3,(H,37,38)(H2,35,36,44)/t29-/m1/s1. The number of allylic oxidation sites excluding steroid dienone is 1. The molecule has 1 aliphatic rings. The number of esters is 1. The molecular formula is C31H30BrFN4O6S. The minimum Gasteiger partial charge on any atom is -0.493 e. The van der Waals surface area contributed by atoms with Crippen LogP contribution in [-0.2, 0) is 20.9 Å². The third-order valence-electron chi connectivity index (χ3n) is 6.37. The van der Waals surface area contributed by atoms with Crippen molar-refractivity contribution < 1.29 is 32.9 Å². The van der Waals surface area contributed by atoms with E-state index in [0.29, 0.717) is 54.8 Å². The molecule has 3 aromatic rings. The van der Waals surface area contributed by atoms with Gasteiger partial charge in [0.05, 0.1) is 31.5 Å². The van der Waals surface area contributed by atoms with Gasteiger partial charge in [0.15, 0.2) is 23.2 Å². The first-order valence-electron chi connectivity index (χ1n) is 13.4. The Labute approximate surface area is 267 Å². The predicted octanol–water partition coefficient (Wildman–Crippen LogP) is 5.06. The van der Waals surface area contributed by atoms with Gasteiger partial charge in [-0.2, -0.15) is 5.10 Å². The largest absolute Gasteiger partial charge is 0.493 e. The van der Waals surface area contributed by atoms with Gasteiger partial charge in [0.25, 0.3) is 5.91 Å². The van der Waals surface area contributed by atoms with Crippen molar-refractivity contribution in [2.45, 2.75) is 26.5 Å². The van der Waals surface area contributed by atoms with E-state index in [1.54, 1.807) is 68.4 Å². The molecule has 0 aliphatic carbocycles. The number of nitrogens with zero attached hydrogens (tertiary/aromatic N) is 1. The number of hydrogen-bond donors (Lipinski definition) is 3. The second kappa shape index (κ2) is 15.3. The van der Waals surface area contributed by atoms with Gasteiger partial charge in [-0.3, -0.25) is 4.79 Å². The molecule has 0 radical (unpaired) electrons. The van der Waals surface area contributed by atoms with Crippen molar-refractivity contribution in [2.75, 3.05) is 20.3 Å². The van der Waals surface area contributed by atoms with Crippen LogP contribution in [0.4, 0.5) is 4.39 Å². The normalized spacial score (nSPS) is 14.5. The maximum Gasteiger partial charge on any atom is 0.338 e. The molecule has 230 valence electrons. The number of hydrogen-bond acceptors (Lipinski definition) is 8. The van der Waals surface area contributed by atoms with Gasteiger partial charge in [-0.05, 0) is 66.3 Å². The van der Waals surface area contributed by atoms with Crippen LogP contribution in [0, 0.1) is 5.82 Å². The number of methoxy groups -OCH3 is 1. The van der Waals surface area contributed by atoms with Crippen molar-refractivity contribution in [2.24, 2.45) is 5.10 Å². The van der Waals surface area contributed by atoms with Gasteiger partial charge in [-0.25, -0.2) is 14.6 Å². The number of nitrogens with one attached hydrogen (secondary N) is 3. The Hall–Kier alpha value is -4.49. The van der Waals surface area contributed by atoms with Crippen molar-refractivity contribution >= 4 is 51.4 Å². The van der Waals surface area contributed by atoms with Crippen LogP contribution in [0.25, 0.3) is 0 Å². The summed E-state index contributed by atoms with van der Waals surface area (Å²) >= 11 is 8.77. The fourth-order valence-corrected chi connectivity index (χ4v) is 5.00. The second-order valence-corrected chi connectivity index (χ2v) is 10.6. The van der Waals surface area contributed by atoms with Gasteiger partial charge < -0.3 is 29.6 Å². The Morgan fingerprint density at radius 1 is 1.09 bits per heavy atom. The highest BCUT2D eigenvalue weighted by molar-refractivity contribution is 9.10. The first-order chi connectivity index (χ1) is 21.2. The molecular weight excluding hydrogens is 655 g/mol. The van der Waals surface area contributed by atoms with E-state index in [0.717, 1.165) is 0 Å². The van der Waals surface area contributed by atoms with Crippen LogP contribution < -0.4 is 30.3 Å². The molecule has 10 nitrogen and oxygen atoms in total. The van der Waals surface area contributed by atoms with E-state index in [1.807, 2.05) is 0 Å². The number of thiocarbonyl (C=S) groups is 1. The topological polar surface area (TPSA) is 120 Å². The number of ether oxygens (including phenoxy) is 4. The number of carbonyl (C=O) groups excluding carboxylic acids is 2. The Balaban J connectivity index is 1.40. The lowest BCUT2D eigenvalue weighted by Gasteiger charge is -2.30. The molecule has 3 aromatic carbocycles. The highest BCUT2D eigenvalue weighted by atomic mass is 79.9. The molecule has 0 saturated heterocycles. The highest BCUT2D eigenvalue weighted by Gasteiger charge is 2.32. The number of para-hydroxylation sites is 1. The number of rotatable bonds is 12. The molecule has 1 aliphatic heterocycles. The van der Waals surface area contributed by atoms with Crippen LogP contribution in [0.1, 0.15) is 36.6 Å². The van der Waals surface area contributed by atoms with Crippen LogP contribution in [0.15, 0.2) is 81.5 Å². The van der Waals surface area contributed by atoms with Gasteiger partial charge in [0.1, 0.15) is 18.2 Å². The number of benzene rings is 3. The molecule has 0 saturated carbocycles. The van der Waals surface area contributed by atoms with Gasteiger partial charge in [-0.1, -0.05) is 36.4 Å². The summed E-state index contributed by atoms with van der Waals surface area (Å²) in [5, 5.41) is 10.4. The zero-order chi connectivity index (χ0) is 31.6. The summed E-state index contributed by atoms with van der Waals surface area (Å²) in [5.41, 5.74) is 4.95. The van der Waals surface area contributed by atoms with Gasteiger partial charge in [0.2, 0.25) is 0 Å². The molecule has 1 amide bonds. The molecule has 44 heavy (non-hydrogen) atoms. The van der Waals surface area contributed by atoms with Crippen LogP contribution in [0.5, 0.6) is 17.2 Å². The Morgan fingerprint density at radius 3 is 2.59 bits per heavy atom. The number of amides is 1. The van der Waals surface area contributed by atoms with Crippen LogP contribution in [0.3, 0.4) is 0 Å². The van der Waals surface area contributed by atoms with E-state index >= 15 is 0 Å². The van der Waals surface area contributed by atoms with Crippen LogP contribution in [-0.4, -0.2) is 43.5 Å². The lowest BCUT2D eigenvalue weighted by molar-refractivity contribution is -0.139. The van der Waals surface area contributed by atoms with E-state index in [1.165, 1.54) is 19.4 Å². The fraction of sp³-hybridized carbons (Fsp3) is 0.226. The molecule has 0 aromatic heterocycles. The van der Waals surface area contributed by atoms with Crippen LogP contribution in [0.2, 0.25) is 0 Å². The smallest absolute Gasteiger partial charge is 0.338 e. The van der Waals surface area contributed by atoms with E-state index in [4.69, 9.17) is 31.2 Å². The highest BCUT2D eigenvalue weighted by Crippen LogP contribution is 2.35. The third-order valence-corrected chi connectivity index (χ3v) is 7.28. The Morgan fingerprint density at radius 2 is 1.84 bits per heavy atom. The summed E-state index contributed by atoms with van der Waals surface area (Å²) in [6, 6.07) is 16.0. The Kier molecular flexibility index (Phi) is 11.3. The van der Waals surface area contributed by atoms with E-state index in [2.05, 4.69) is 37.1 Å². The monoisotopic (exact) mass is 684 g/mol. The van der Waals surface area contributed by atoms with Crippen molar-refractivity contribution in [1.82, 2.24) is 16.1 Å². The van der Waals surface area contributed by atoms with Crippen molar-refractivity contribution in [3.8, 4) is 17.2 Å². The summed E-state index contributed by atoms with van der Waals surface area (Å²) < 4.78 is 36.9.